The van der Waals surface area contributed by atoms with Crippen LogP contribution in [0.4, 0.5) is 18.0 Å². The zero-order valence-electron chi connectivity index (χ0n) is 16.9. The second-order valence-corrected chi connectivity index (χ2v) is 7.79. The fourth-order valence-corrected chi connectivity index (χ4v) is 2.67. The molecule has 0 radical (unpaired) electrons. The van der Waals surface area contributed by atoms with Crippen molar-refractivity contribution in [2.45, 2.75) is 64.4 Å². The molecule has 1 aromatic rings. The van der Waals surface area contributed by atoms with Crippen molar-refractivity contribution >= 4 is 6.09 Å². The molecule has 1 atom stereocenters. The molecule has 0 aliphatic heterocycles. The first-order valence-corrected chi connectivity index (χ1v) is 9.54. The van der Waals surface area contributed by atoms with Crippen LogP contribution >= 0.6 is 0 Å². The average molecular weight is 403 g/mol. The Morgan fingerprint density at radius 1 is 1.14 bits per heavy atom. The zero-order chi connectivity index (χ0) is 21.2. The predicted octanol–water partition coefficient (Wildman–Crippen LogP) is 4.07. The highest BCUT2D eigenvalue weighted by Crippen LogP contribution is 2.24. The second-order valence-electron chi connectivity index (χ2n) is 7.79. The molecular weight excluding hydrogens is 371 g/mol. The number of benzene rings is 1. The van der Waals surface area contributed by atoms with Crippen molar-refractivity contribution in [3.63, 3.8) is 0 Å². The van der Waals surface area contributed by atoms with E-state index < -0.39 is 23.9 Å². The predicted molar refractivity (Wildman–Crippen MR) is 104 cm³/mol. The molecular formula is C20H32F3N3O2. The van der Waals surface area contributed by atoms with E-state index in [-0.39, 0.29) is 13.0 Å². The number of nitrogens with two attached hydrogens (primary N) is 1. The Bertz CT molecular complexity index is 574. The first-order valence-electron chi connectivity index (χ1n) is 9.54. The summed E-state index contributed by atoms with van der Waals surface area (Å²) in [5.74, 6) is 0. The van der Waals surface area contributed by atoms with Gasteiger partial charge in [-0.05, 0) is 58.7 Å². The molecule has 1 unspecified atom stereocenters. The molecule has 1 amide bonds. The van der Waals surface area contributed by atoms with Crippen LogP contribution in [-0.4, -0.2) is 48.4 Å². The number of halogens is 3. The minimum Gasteiger partial charge on any atom is -0.444 e. The van der Waals surface area contributed by atoms with E-state index in [1.54, 1.807) is 20.8 Å². The SMILES string of the molecule is CC(C)(C)OC(=O)NC(CCN(CCCCN)Cc1ccccc1)C(F)(F)F. The third kappa shape index (κ3) is 10.5. The molecule has 1 aromatic carbocycles. The highest BCUT2D eigenvalue weighted by atomic mass is 19.4. The summed E-state index contributed by atoms with van der Waals surface area (Å²) < 4.78 is 45.1. The first kappa shape index (κ1) is 24.2. The van der Waals surface area contributed by atoms with Crippen LogP contribution in [-0.2, 0) is 11.3 Å². The van der Waals surface area contributed by atoms with Gasteiger partial charge in [-0.25, -0.2) is 4.79 Å². The number of carbonyl (C=O) groups excluding carboxylic acids is 1. The standard InChI is InChI=1S/C20H32F3N3O2/c1-19(2,3)28-18(27)25-17(20(21,22)23)11-14-26(13-8-7-12-24)15-16-9-5-4-6-10-16/h4-6,9-10,17H,7-8,11-15,24H2,1-3H3,(H,25,27). The number of unbranched alkanes of at least 4 members (excludes halogenated alkanes) is 1. The summed E-state index contributed by atoms with van der Waals surface area (Å²) in [6.45, 7) is 6.74. The van der Waals surface area contributed by atoms with E-state index in [0.717, 1.165) is 18.4 Å². The van der Waals surface area contributed by atoms with Crippen molar-refractivity contribution in [2.24, 2.45) is 5.73 Å². The Morgan fingerprint density at radius 2 is 1.79 bits per heavy atom. The summed E-state index contributed by atoms with van der Waals surface area (Å²) in [6, 6.07) is 7.61. The van der Waals surface area contributed by atoms with Crippen molar-refractivity contribution in [2.75, 3.05) is 19.6 Å². The van der Waals surface area contributed by atoms with Gasteiger partial charge in [-0.1, -0.05) is 30.3 Å². The van der Waals surface area contributed by atoms with E-state index >= 15 is 0 Å². The molecule has 0 saturated heterocycles. The van der Waals surface area contributed by atoms with Crippen molar-refractivity contribution in [1.29, 1.82) is 0 Å². The summed E-state index contributed by atoms with van der Waals surface area (Å²) in [5.41, 5.74) is 5.69. The molecule has 28 heavy (non-hydrogen) atoms. The Labute approximate surface area is 165 Å². The van der Waals surface area contributed by atoms with Gasteiger partial charge < -0.3 is 15.8 Å². The van der Waals surface area contributed by atoms with Crippen molar-refractivity contribution in [3.8, 4) is 0 Å². The number of alkyl halides is 3. The molecule has 0 bridgehead atoms. The van der Waals surface area contributed by atoms with E-state index in [1.807, 2.05) is 40.5 Å². The van der Waals surface area contributed by atoms with E-state index in [1.165, 1.54) is 0 Å². The van der Waals surface area contributed by atoms with Gasteiger partial charge in [-0.3, -0.25) is 4.90 Å². The molecule has 0 aromatic heterocycles. The van der Waals surface area contributed by atoms with Gasteiger partial charge >= 0.3 is 12.3 Å². The number of amides is 1. The quantitative estimate of drug-likeness (QED) is 0.578. The lowest BCUT2D eigenvalue weighted by atomic mass is 10.1. The van der Waals surface area contributed by atoms with Crippen LogP contribution in [0.15, 0.2) is 30.3 Å². The van der Waals surface area contributed by atoms with Crippen LogP contribution in [0.5, 0.6) is 0 Å². The lowest BCUT2D eigenvalue weighted by Crippen LogP contribution is -2.48. The Balaban J connectivity index is 2.72. The molecule has 0 fully saturated rings. The topological polar surface area (TPSA) is 67.6 Å². The average Bonchev–Trinajstić information content (AvgIpc) is 2.56. The van der Waals surface area contributed by atoms with Crippen LogP contribution in [0.3, 0.4) is 0 Å². The molecule has 5 nitrogen and oxygen atoms in total. The smallest absolute Gasteiger partial charge is 0.408 e. The van der Waals surface area contributed by atoms with E-state index in [9.17, 15) is 18.0 Å². The molecule has 1 rings (SSSR count). The van der Waals surface area contributed by atoms with Crippen LogP contribution in [0.2, 0.25) is 0 Å². The normalized spacial score (nSPS) is 13.4. The number of nitrogens with one attached hydrogen (secondary N) is 1. The number of alkyl carbamates (subject to hydrolysis) is 1. The van der Waals surface area contributed by atoms with Gasteiger partial charge in [-0.2, -0.15) is 13.2 Å². The minimum absolute atomic E-state index is 0.194. The summed E-state index contributed by atoms with van der Waals surface area (Å²) in [5, 5.41) is 1.97. The third-order valence-electron chi connectivity index (χ3n) is 4.00. The fraction of sp³-hybridized carbons (Fsp3) is 0.650. The van der Waals surface area contributed by atoms with E-state index in [0.29, 0.717) is 19.6 Å². The van der Waals surface area contributed by atoms with Gasteiger partial charge in [0, 0.05) is 13.1 Å². The number of carbonyl (C=O) groups is 1. The minimum atomic E-state index is -4.55. The molecule has 0 aliphatic rings. The van der Waals surface area contributed by atoms with Crippen molar-refractivity contribution < 1.29 is 22.7 Å². The highest BCUT2D eigenvalue weighted by molar-refractivity contribution is 5.68. The number of hydrogen-bond donors (Lipinski definition) is 2. The summed E-state index contributed by atoms with van der Waals surface area (Å²) >= 11 is 0. The second kappa shape index (κ2) is 11.3. The van der Waals surface area contributed by atoms with Gasteiger partial charge in [0.1, 0.15) is 11.6 Å². The maximum atomic E-state index is 13.4. The summed E-state index contributed by atoms with van der Waals surface area (Å²) in [6.07, 6.45) is -4.25. The first-order chi connectivity index (χ1) is 13.0. The molecule has 8 heteroatoms. The Kier molecular flexibility index (Phi) is 9.75. The molecule has 0 spiro atoms. The molecule has 160 valence electrons. The lowest BCUT2D eigenvalue weighted by Gasteiger charge is -2.28. The van der Waals surface area contributed by atoms with Crippen molar-refractivity contribution in [1.82, 2.24) is 10.2 Å². The highest BCUT2D eigenvalue weighted by Gasteiger charge is 2.41. The molecule has 3 N–H and O–H groups in total. The number of nitrogens with zero attached hydrogens (tertiary/aromatic N) is 1. The maximum absolute atomic E-state index is 13.4. The van der Waals surface area contributed by atoms with Crippen LogP contribution < -0.4 is 11.1 Å². The summed E-state index contributed by atoms with van der Waals surface area (Å²) in [7, 11) is 0. The number of hydrogen-bond acceptors (Lipinski definition) is 4. The Hall–Kier alpha value is -1.80. The summed E-state index contributed by atoms with van der Waals surface area (Å²) in [4.78, 5) is 13.8. The van der Waals surface area contributed by atoms with Crippen LogP contribution in [0, 0.1) is 0 Å². The molecule has 0 aliphatic carbocycles. The zero-order valence-corrected chi connectivity index (χ0v) is 16.9. The maximum Gasteiger partial charge on any atom is 0.408 e. The largest absolute Gasteiger partial charge is 0.444 e. The van der Waals surface area contributed by atoms with Crippen LogP contribution in [0.25, 0.3) is 0 Å². The lowest BCUT2D eigenvalue weighted by molar-refractivity contribution is -0.157. The van der Waals surface area contributed by atoms with Crippen molar-refractivity contribution in [3.05, 3.63) is 35.9 Å². The fourth-order valence-electron chi connectivity index (χ4n) is 2.67. The van der Waals surface area contributed by atoms with E-state index in [2.05, 4.69) is 0 Å². The van der Waals surface area contributed by atoms with Gasteiger partial charge in [0.25, 0.3) is 0 Å². The molecule has 0 saturated carbocycles. The number of rotatable bonds is 10. The van der Waals surface area contributed by atoms with Gasteiger partial charge in [0.15, 0.2) is 0 Å². The Morgan fingerprint density at radius 3 is 2.32 bits per heavy atom. The van der Waals surface area contributed by atoms with Gasteiger partial charge in [0.05, 0.1) is 0 Å². The van der Waals surface area contributed by atoms with Crippen LogP contribution in [0.1, 0.15) is 45.6 Å². The molecule has 0 heterocycles. The van der Waals surface area contributed by atoms with Gasteiger partial charge in [-0.15, -0.1) is 0 Å². The monoisotopic (exact) mass is 403 g/mol. The van der Waals surface area contributed by atoms with E-state index in [4.69, 9.17) is 10.5 Å². The third-order valence-corrected chi connectivity index (χ3v) is 4.00. The van der Waals surface area contributed by atoms with Gasteiger partial charge in [0.2, 0.25) is 0 Å². The number of ether oxygens (including phenoxy) is 1.